The van der Waals surface area contributed by atoms with E-state index in [1.165, 1.54) is 30.3 Å². The van der Waals surface area contributed by atoms with E-state index in [0.717, 1.165) is 11.1 Å². The first-order chi connectivity index (χ1) is 10.1. The maximum absolute atomic E-state index is 14.2. The van der Waals surface area contributed by atoms with Gasteiger partial charge in [-0.05, 0) is 66.1 Å². The molecule has 108 valence electrons. The summed E-state index contributed by atoms with van der Waals surface area (Å²) in [6.45, 7) is 3.52. The topological polar surface area (TPSA) is 0 Å². The van der Waals surface area contributed by atoms with Crippen molar-refractivity contribution < 1.29 is 13.2 Å². The smallest absolute Gasteiger partial charge is 0.130 e. The lowest BCUT2D eigenvalue weighted by molar-refractivity contribution is 0.489. The monoisotopic (exact) mass is 288 g/mol. The Labute approximate surface area is 121 Å². The van der Waals surface area contributed by atoms with E-state index < -0.39 is 11.6 Å². The van der Waals surface area contributed by atoms with Gasteiger partial charge >= 0.3 is 0 Å². The Morgan fingerprint density at radius 1 is 1.00 bits per heavy atom. The summed E-state index contributed by atoms with van der Waals surface area (Å²) in [6, 6.07) is 7.25. The van der Waals surface area contributed by atoms with Gasteiger partial charge in [-0.15, -0.1) is 0 Å². The summed E-state index contributed by atoms with van der Waals surface area (Å²) in [7, 11) is 0. The highest BCUT2D eigenvalue weighted by molar-refractivity contribution is 5.49. The van der Waals surface area contributed by atoms with Gasteiger partial charge in [0, 0.05) is 5.56 Å². The van der Waals surface area contributed by atoms with Crippen LogP contribution in [0.3, 0.4) is 0 Å². The van der Waals surface area contributed by atoms with E-state index in [4.69, 9.17) is 0 Å². The van der Waals surface area contributed by atoms with Crippen molar-refractivity contribution in [1.82, 2.24) is 0 Å². The van der Waals surface area contributed by atoms with Crippen LogP contribution in [0, 0.1) is 17.5 Å². The Bertz CT molecular complexity index is 681. The molecule has 0 saturated heterocycles. The van der Waals surface area contributed by atoms with Crippen molar-refractivity contribution in [2.45, 2.75) is 25.2 Å². The fourth-order valence-corrected chi connectivity index (χ4v) is 3.08. The third-order valence-electron chi connectivity index (χ3n) is 4.14. The van der Waals surface area contributed by atoms with Gasteiger partial charge in [-0.1, -0.05) is 18.7 Å². The molecule has 1 aliphatic carbocycles. The van der Waals surface area contributed by atoms with Crippen LogP contribution in [0.15, 0.2) is 36.9 Å². The standard InChI is InChI=1S/C18H15F3/c1-2-11-7-16(20)18(17(21)8-11)14-4-3-13-10-15(19)6-5-12(13)9-14/h2,5-8,10,14H,1,3-4,9H2. The van der Waals surface area contributed by atoms with Gasteiger partial charge in [0.25, 0.3) is 0 Å². The minimum Gasteiger partial charge on any atom is -0.207 e. The molecule has 0 nitrogen and oxygen atoms in total. The summed E-state index contributed by atoms with van der Waals surface area (Å²) in [6.07, 6.45) is 3.23. The number of fused-ring (bicyclic) bond motifs is 1. The molecule has 0 heterocycles. The molecule has 0 saturated carbocycles. The highest BCUT2D eigenvalue weighted by Crippen LogP contribution is 2.35. The van der Waals surface area contributed by atoms with Crippen LogP contribution in [0.4, 0.5) is 13.2 Å². The van der Waals surface area contributed by atoms with Gasteiger partial charge in [-0.25, -0.2) is 13.2 Å². The zero-order chi connectivity index (χ0) is 15.0. The number of halogens is 3. The number of hydrogen-bond acceptors (Lipinski definition) is 0. The molecule has 0 bridgehead atoms. The average molecular weight is 288 g/mol. The molecule has 1 unspecified atom stereocenters. The van der Waals surface area contributed by atoms with Crippen LogP contribution in [0.2, 0.25) is 0 Å². The number of benzene rings is 2. The first-order valence-corrected chi connectivity index (χ1v) is 6.97. The fourth-order valence-electron chi connectivity index (χ4n) is 3.08. The lowest BCUT2D eigenvalue weighted by atomic mass is 9.79. The van der Waals surface area contributed by atoms with Crippen molar-refractivity contribution >= 4 is 6.08 Å². The molecule has 0 spiro atoms. The van der Waals surface area contributed by atoms with E-state index >= 15 is 0 Å². The van der Waals surface area contributed by atoms with E-state index in [1.807, 2.05) is 0 Å². The minimum atomic E-state index is -0.527. The highest BCUT2D eigenvalue weighted by atomic mass is 19.1. The lowest BCUT2D eigenvalue weighted by Gasteiger charge is -2.25. The quantitative estimate of drug-likeness (QED) is 0.728. The first kappa shape index (κ1) is 13.9. The summed E-state index contributed by atoms with van der Waals surface area (Å²) in [5.41, 5.74) is 2.48. The normalized spacial score (nSPS) is 17.4. The molecule has 2 aromatic carbocycles. The molecule has 0 aromatic heterocycles. The van der Waals surface area contributed by atoms with Crippen molar-refractivity contribution in [2.24, 2.45) is 0 Å². The second-order valence-corrected chi connectivity index (χ2v) is 5.46. The van der Waals surface area contributed by atoms with E-state index in [0.29, 0.717) is 24.8 Å². The molecule has 0 N–H and O–H groups in total. The zero-order valence-electron chi connectivity index (χ0n) is 11.5. The third-order valence-corrected chi connectivity index (χ3v) is 4.14. The van der Waals surface area contributed by atoms with Crippen LogP contribution in [0.1, 0.15) is 34.6 Å². The summed E-state index contributed by atoms with van der Waals surface area (Å²) < 4.78 is 41.5. The van der Waals surface area contributed by atoms with Crippen molar-refractivity contribution in [3.05, 3.63) is 76.6 Å². The van der Waals surface area contributed by atoms with Crippen LogP contribution < -0.4 is 0 Å². The molecule has 0 radical (unpaired) electrons. The van der Waals surface area contributed by atoms with E-state index in [9.17, 15) is 13.2 Å². The highest BCUT2D eigenvalue weighted by Gasteiger charge is 2.25. The Morgan fingerprint density at radius 2 is 1.71 bits per heavy atom. The lowest BCUT2D eigenvalue weighted by Crippen LogP contribution is -2.16. The predicted molar refractivity (Wildman–Crippen MR) is 77.6 cm³/mol. The molecule has 1 aliphatic rings. The largest absolute Gasteiger partial charge is 0.207 e. The van der Waals surface area contributed by atoms with Crippen molar-refractivity contribution in [1.29, 1.82) is 0 Å². The van der Waals surface area contributed by atoms with Crippen LogP contribution in [-0.2, 0) is 12.8 Å². The van der Waals surface area contributed by atoms with Crippen LogP contribution in [0.5, 0.6) is 0 Å². The zero-order valence-corrected chi connectivity index (χ0v) is 11.5. The SMILES string of the molecule is C=Cc1cc(F)c(C2CCc3cc(F)ccc3C2)c(F)c1. The average Bonchev–Trinajstić information content (AvgIpc) is 2.46. The molecule has 0 amide bonds. The Hall–Kier alpha value is -2.03. The molecule has 3 heteroatoms. The van der Waals surface area contributed by atoms with Crippen LogP contribution in [-0.4, -0.2) is 0 Å². The third kappa shape index (κ3) is 2.60. The molecule has 0 fully saturated rings. The Morgan fingerprint density at radius 3 is 2.38 bits per heavy atom. The van der Waals surface area contributed by atoms with Gasteiger partial charge < -0.3 is 0 Å². The van der Waals surface area contributed by atoms with Gasteiger partial charge in [0.05, 0.1) is 0 Å². The predicted octanol–water partition coefficient (Wildman–Crippen LogP) is 5.02. The number of rotatable bonds is 2. The van der Waals surface area contributed by atoms with E-state index in [1.54, 1.807) is 6.07 Å². The van der Waals surface area contributed by atoms with Crippen LogP contribution in [0.25, 0.3) is 6.08 Å². The van der Waals surface area contributed by atoms with Crippen molar-refractivity contribution in [3.63, 3.8) is 0 Å². The number of aryl methyl sites for hydroxylation is 1. The van der Waals surface area contributed by atoms with Crippen molar-refractivity contribution in [2.75, 3.05) is 0 Å². The molecular formula is C18H15F3. The molecule has 1 atom stereocenters. The molecule has 3 rings (SSSR count). The second kappa shape index (κ2) is 5.40. The minimum absolute atomic E-state index is 0.135. The molecular weight excluding hydrogens is 273 g/mol. The fraction of sp³-hybridized carbons (Fsp3) is 0.222. The van der Waals surface area contributed by atoms with Gasteiger partial charge in [0.15, 0.2) is 0 Å². The van der Waals surface area contributed by atoms with Gasteiger partial charge in [-0.2, -0.15) is 0 Å². The Balaban J connectivity index is 1.96. The number of hydrogen-bond donors (Lipinski definition) is 0. The maximum atomic E-state index is 14.2. The molecule has 21 heavy (non-hydrogen) atoms. The van der Waals surface area contributed by atoms with Gasteiger partial charge in [0.2, 0.25) is 0 Å². The van der Waals surface area contributed by atoms with Crippen LogP contribution >= 0.6 is 0 Å². The second-order valence-electron chi connectivity index (χ2n) is 5.46. The van der Waals surface area contributed by atoms with E-state index in [2.05, 4.69) is 6.58 Å². The van der Waals surface area contributed by atoms with Crippen molar-refractivity contribution in [3.8, 4) is 0 Å². The van der Waals surface area contributed by atoms with E-state index in [-0.39, 0.29) is 17.3 Å². The van der Waals surface area contributed by atoms with Gasteiger partial charge in [0.1, 0.15) is 17.5 Å². The first-order valence-electron chi connectivity index (χ1n) is 6.97. The summed E-state index contributed by atoms with van der Waals surface area (Å²) >= 11 is 0. The summed E-state index contributed by atoms with van der Waals surface area (Å²) in [4.78, 5) is 0. The Kier molecular flexibility index (Phi) is 3.58. The maximum Gasteiger partial charge on any atom is 0.130 e. The molecule has 2 aromatic rings. The summed E-state index contributed by atoms with van der Waals surface area (Å²) in [5, 5.41) is 0. The molecule has 0 aliphatic heterocycles. The van der Waals surface area contributed by atoms with Gasteiger partial charge in [-0.3, -0.25) is 0 Å². The summed E-state index contributed by atoms with van der Waals surface area (Å²) in [5.74, 6) is -1.53.